The van der Waals surface area contributed by atoms with Crippen molar-refractivity contribution in [2.45, 2.75) is 12.8 Å². The van der Waals surface area contributed by atoms with Crippen molar-refractivity contribution in [1.29, 1.82) is 0 Å². The average Bonchev–Trinajstić information content (AvgIpc) is 2.86. The van der Waals surface area contributed by atoms with Gasteiger partial charge in [-0.15, -0.1) is 0 Å². The second-order valence-electron chi connectivity index (χ2n) is 3.74. The summed E-state index contributed by atoms with van der Waals surface area (Å²) in [6.07, 6.45) is 4.20. The Morgan fingerprint density at radius 1 is 1.35 bits per heavy atom. The van der Waals surface area contributed by atoms with E-state index in [9.17, 15) is 4.79 Å². The predicted octanol–water partition coefficient (Wildman–Crippen LogP) is 0.164. The van der Waals surface area contributed by atoms with E-state index < -0.39 is 0 Å². The molecule has 0 atom stereocenters. The van der Waals surface area contributed by atoms with Crippen molar-refractivity contribution in [2.24, 2.45) is 0 Å². The molecule has 0 N–H and O–H groups in total. The first-order valence-corrected chi connectivity index (χ1v) is 5.37. The molecule has 3 rings (SSSR count). The molecule has 1 aliphatic rings. The molecule has 2 aromatic heterocycles. The van der Waals surface area contributed by atoms with Crippen molar-refractivity contribution in [2.75, 3.05) is 13.2 Å². The number of ether oxygens (including phenoxy) is 2. The monoisotopic (exact) mass is 233 g/mol. The highest BCUT2D eigenvalue weighted by Gasteiger charge is 2.18. The topological polar surface area (TPSA) is 66.2 Å². The molecular formula is C11H11N3O3. The van der Waals surface area contributed by atoms with Gasteiger partial charge in [-0.1, -0.05) is 0 Å². The lowest BCUT2D eigenvalue weighted by molar-refractivity contribution is -0.0523. The Balaban J connectivity index is 2.06. The van der Waals surface area contributed by atoms with Gasteiger partial charge in [0.2, 0.25) is 0 Å². The highest BCUT2D eigenvalue weighted by Crippen LogP contribution is 2.10. The number of hydrogen-bond acceptors (Lipinski definition) is 5. The van der Waals surface area contributed by atoms with E-state index in [0.717, 1.165) is 5.52 Å². The van der Waals surface area contributed by atoms with Gasteiger partial charge < -0.3 is 14.0 Å². The maximum absolute atomic E-state index is 11.8. The van der Waals surface area contributed by atoms with E-state index >= 15 is 0 Å². The van der Waals surface area contributed by atoms with Crippen molar-refractivity contribution >= 4 is 11.0 Å². The Hall–Kier alpha value is -1.79. The van der Waals surface area contributed by atoms with Crippen LogP contribution in [0.4, 0.5) is 0 Å². The van der Waals surface area contributed by atoms with E-state index in [1.807, 2.05) is 0 Å². The SMILES string of the molecule is O=c1cnc2cnccc2n1CC1OCCO1. The van der Waals surface area contributed by atoms with Crippen molar-refractivity contribution < 1.29 is 9.47 Å². The van der Waals surface area contributed by atoms with Crippen LogP contribution in [-0.2, 0) is 16.0 Å². The largest absolute Gasteiger partial charge is 0.348 e. The van der Waals surface area contributed by atoms with E-state index in [2.05, 4.69) is 9.97 Å². The van der Waals surface area contributed by atoms with Crippen LogP contribution in [0.1, 0.15) is 0 Å². The van der Waals surface area contributed by atoms with Crippen molar-refractivity contribution in [3.63, 3.8) is 0 Å². The van der Waals surface area contributed by atoms with Crippen LogP contribution < -0.4 is 5.56 Å². The molecule has 0 unspecified atom stereocenters. The Labute approximate surface area is 96.8 Å². The zero-order valence-electron chi connectivity index (χ0n) is 9.07. The second-order valence-corrected chi connectivity index (χ2v) is 3.74. The van der Waals surface area contributed by atoms with E-state index in [1.165, 1.54) is 6.20 Å². The first kappa shape index (κ1) is 10.4. The van der Waals surface area contributed by atoms with Crippen LogP contribution in [0.5, 0.6) is 0 Å². The van der Waals surface area contributed by atoms with E-state index in [0.29, 0.717) is 25.3 Å². The van der Waals surface area contributed by atoms with Crippen LogP contribution in [0.15, 0.2) is 29.5 Å². The van der Waals surface area contributed by atoms with Gasteiger partial charge in [0.15, 0.2) is 6.29 Å². The van der Waals surface area contributed by atoms with Gasteiger partial charge in [0.1, 0.15) is 5.52 Å². The van der Waals surface area contributed by atoms with E-state index in [4.69, 9.17) is 9.47 Å². The summed E-state index contributed by atoms with van der Waals surface area (Å²) in [6.45, 7) is 1.52. The molecule has 0 bridgehead atoms. The molecule has 6 nitrogen and oxygen atoms in total. The van der Waals surface area contributed by atoms with Gasteiger partial charge in [-0.25, -0.2) is 4.98 Å². The smallest absolute Gasteiger partial charge is 0.269 e. The first-order valence-electron chi connectivity index (χ1n) is 5.37. The molecule has 2 aromatic rings. The number of rotatable bonds is 2. The predicted molar refractivity (Wildman–Crippen MR) is 59.5 cm³/mol. The van der Waals surface area contributed by atoms with Crippen LogP contribution in [0, 0.1) is 0 Å². The van der Waals surface area contributed by atoms with E-state index in [1.54, 1.807) is 23.0 Å². The van der Waals surface area contributed by atoms with Crippen molar-refractivity contribution in [1.82, 2.24) is 14.5 Å². The number of fused-ring (bicyclic) bond motifs is 1. The minimum absolute atomic E-state index is 0.164. The van der Waals surface area contributed by atoms with Crippen LogP contribution in [0.25, 0.3) is 11.0 Å². The molecule has 1 fully saturated rings. The Kier molecular flexibility index (Phi) is 2.58. The van der Waals surface area contributed by atoms with Crippen molar-refractivity contribution in [3.05, 3.63) is 35.0 Å². The molecule has 88 valence electrons. The molecule has 0 saturated carbocycles. The molecule has 6 heteroatoms. The number of pyridine rings is 1. The van der Waals surface area contributed by atoms with Gasteiger partial charge in [0.25, 0.3) is 5.56 Å². The zero-order valence-corrected chi connectivity index (χ0v) is 9.07. The minimum atomic E-state index is -0.355. The summed E-state index contributed by atoms with van der Waals surface area (Å²) < 4.78 is 12.3. The van der Waals surface area contributed by atoms with E-state index in [-0.39, 0.29) is 11.8 Å². The fourth-order valence-corrected chi connectivity index (χ4v) is 1.87. The number of nitrogens with zero attached hydrogens (tertiary/aromatic N) is 3. The summed E-state index contributed by atoms with van der Waals surface area (Å²) >= 11 is 0. The third-order valence-corrected chi connectivity index (χ3v) is 2.67. The number of hydrogen-bond donors (Lipinski definition) is 0. The zero-order chi connectivity index (χ0) is 11.7. The fourth-order valence-electron chi connectivity index (χ4n) is 1.87. The minimum Gasteiger partial charge on any atom is -0.348 e. The van der Waals surface area contributed by atoms with Gasteiger partial charge in [-0.3, -0.25) is 9.78 Å². The lowest BCUT2D eigenvalue weighted by Crippen LogP contribution is -2.27. The summed E-state index contributed by atoms with van der Waals surface area (Å²) in [6, 6.07) is 1.76. The van der Waals surface area contributed by atoms with Crippen LogP contribution >= 0.6 is 0 Å². The number of aromatic nitrogens is 3. The molecular weight excluding hydrogens is 222 g/mol. The molecule has 1 aliphatic heterocycles. The van der Waals surface area contributed by atoms with Crippen molar-refractivity contribution in [3.8, 4) is 0 Å². The third-order valence-electron chi connectivity index (χ3n) is 2.67. The van der Waals surface area contributed by atoms with Gasteiger partial charge in [-0.2, -0.15) is 0 Å². The Morgan fingerprint density at radius 3 is 3.00 bits per heavy atom. The first-order chi connectivity index (χ1) is 8.34. The molecule has 0 spiro atoms. The summed E-state index contributed by atoms with van der Waals surface area (Å²) in [4.78, 5) is 19.8. The van der Waals surface area contributed by atoms with Crippen LogP contribution in [0.3, 0.4) is 0 Å². The van der Waals surface area contributed by atoms with Gasteiger partial charge in [0.05, 0.1) is 37.7 Å². The highest BCUT2D eigenvalue weighted by molar-refractivity contribution is 5.72. The van der Waals surface area contributed by atoms with Gasteiger partial charge in [0, 0.05) is 6.20 Å². The lowest BCUT2D eigenvalue weighted by atomic mass is 10.3. The molecule has 3 heterocycles. The van der Waals surface area contributed by atoms with Crippen LogP contribution in [-0.4, -0.2) is 34.0 Å². The lowest BCUT2D eigenvalue weighted by Gasteiger charge is -2.13. The summed E-state index contributed by atoms with van der Waals surface area (Å²) in [7, 11) is 0. The maximum Gasteiger partial charge on any atom is 0.269 e. The highest BCUT2D eigenvalue weighted by atomic mass is 16.7. The molecule has 0 amide bonds. The molecule has 17 heavy (non-hydrogen) atoms. The third kappa shape index (κ3) is 1.92. The summed E-state index contributed by atoms with van der Waals surface area (Å²) in [5, 5.41) is 0. The molecule has 1 saturated heterocycles. The summed E-state index contributed by atoms with van der Waals surface area (Å²) in [5.41, 5.74) is 1.26. The molecule has 0 radical (unpaired) electrons. The fraction of sp³-hybridized carbons (Fsp3) is 0.364. The average molecular weight is 233 g/mol. The standard InChI is InChI=1S/C11H11N3O3/c15-10-6-13-8-5-12-2-1-9(8)14(10)7-11-16-3-4-17-11/h1-2,5-6,11H,3-4,7H2. The van der Waals surface area contributed by atoms with Gasteiger partial charge >= 0.3 is 0 Å². The van der Waals surface area contributed by atoms with Crippen LogP contribution in [0.2, 0.25) is 0 Å². The molecule has 0 aromatic carbocycles. The Morgan fingerprint density at radius 2 is 2.18 bits per heavy atom. The quantitative estimate of drug-likeness (QED) is 0.739. The Bertz CT molecular complexity index is 590. The van der Waals surface area contributed by atoms with Gasteiger partial charge in [-0.05, 0) is 6.07 Å². The molecule has 0 aliphatic carbocycles. The maximum atomic E-state index is 11.8. The second kappa shape index (κ2) is 4.23. The summed E-state index contributed by atoms with van der Waals surface area (Å²) in [5.74, 6) is 0. The normalized spacial score (nSPS) is 16.7.